The fraction of sp³-hybridized carbons (Fsp3) is 0.412. The van der Waals surface area contributed by atoms with E-state index < -0.39 is 7.12 Å². The van der Waals surface area contributed by atoms with Gasteiger partial charge in [0.05, 0.1) is 17.4 Å². The predicted octanol–water partition coefficient (Wildman–Crippen LogP) is 2.26. The average molecular weight is 324 g/mol. The first-order valence-corrected chi connectivity index (χ1v) is 8.08. The van der Waals surface area contributed by atoms with Gasteiger partial charge in [0.25, 0.3) is 0 Å². The third-order valence-corrected chi connectivity index (χ3v) is 5.17. The minimum absolute atomic E-state index is 0.364. The van der Waals surface area contributed by atoms with Crippen molar-refractivity contribution in [1.29, 1.82) is 0 Å². The molecule has 6 nitrogen and oxygen atoms in total. The summed E-state index contributed by atoms with van der Waals surface area (Å²) in [6.45, 7) is 8.22. The first kappa shape index (κ1) is 15.4. The Morgan fingerprint density at radius 2 is 1.83 bits per heavy atom. The van der Waals surface area contributed by atoms with Gasteiger partial charge in [0.1, 0.15) is 5.65 Å². The zero-order valence-electron chi connectivity index (χ0n) is 14.6. The molecule has 0 aliphatic carbocycles. The molecule has 0 spiro atoms. The third kappa shape index (κ3) is 2.19. The number of aromatic nitrogens is 4. The van der Waals surface area contributed by atoms with Crippen LogP contribution in [-0.2, 0) is 16.4 Å². The Morgan fingerprint density at radius 3 is 2.46 bits per heavy atom. The number of aromatic amines is 1. The summed E-state index contributed by atoms with van der Waals surface area (Å²) in [6, 6.07) is 2.10. The van der Waals surface area contributed by atoms with Crippen molar-refractivity contribution >= 4 is 23.6 Å². The molecule has 1 N–H and O–H groups in total. The van der Waals surface area contributed by atoms with Gasteiger partial charge in [-0.1, -0.05) is 0 Å². The number of hydrogen-bond donors (Lipinski definition) is 1. The van der Waals surface area contributed by atoms with Crippen molar-refractivity contribution in [3.05, 3.63) is 30.9 Å². The van der Waals surface area contributed by atoms with E-state index in [4.69, 9.17) is 9.31 Å². The van der Waals surface area contributed by atoms with Gasteiger partial charge < -0.3 is 13.9 Å². The molecule has 0 bridgehead atoms. The van der Waals surface area contributed by atoms with Gasteiger partial charge in [-0.15, -0.1) is 0 Å². The lowest BCUT2D eigenvalue weighted by atomic mass is 9.80. The molecule has 0 radical (unpaired) electrons. The van der Waals surface area contributed by atoms with Crippen LogP contribution >= 0.6 is 0 Å². The summed E-state index contributed by atoms with van der Waals surface area (Å²) in [4.78, 5) is 4.62. The highest BCUT2D eigenvalue weighted by Crippen LogP contribution is 2.37. The molecule has 0 amide bonds. The van der Waals surface area contributed by atoms with E-state index >= 15 is 0 Å². The predicted molar refractivity (Wildman–Crippen MR) is 94.0 cm³/mol. The molecule has 0 unspecified atom stereocenters. The topological polar surface area (TPSA) is 65.0 Å². The van der Waals surface area contributed by atoms with Gasteiger partial charge in [0.15, 0.2) is 0 Å². The van der Waals surface area contributed by atoms with E-state index in [0.29, 0.717) is 0 Å². The maximum Gasteiger partial charge on any atom is 0.496 e. The van der Waals surface area contributed by atoms with E-state index in [9.17, 15) is 0 Å². The molecule has 7 heteroatoms. The van der Waals surface area contributed by atoms with Crippen molar-refractivity contribution in [1.82, 2.24) is 19.7 Å². The third-order valence-electron chi connectivity index (χ3n) is 5.17. The van der Waals surface area contributed by atoms with Crippen molar-refractivity contribution in [3.63, 3.8) is 0 Å². The van der Waals surface area contributed by atoms with Crippen LogP contribution in [0.1, 0.15) is 27.7 Å². The Labute approximate surface area is 141 Å². The Hall–Kier alpha value is -2.12. The Kier molecular flexibility index (Phi) is 3.17. The van der Waals surface area contributed by atoms with Crippen LogP contribution in [0.3, 0.4) is 0 Å². The minimum Gasteiger partial charge on any atom is -0.399 e. The molecular formula is C17H21BN4O2. The second-order valence-corrected chi connectivity index (χ2v) is 7.37. The van der Waals surface area contributed by atoms with Crippen LogP contribution in [0.2, 0.25) is 0 Å². The van der Waals surface area contributed by atoms with Crippen LogP contribution in [0.25, 0.3) is 22.2 Å². The molecule has 24 heavy (non-hydrogen) atoms. The van der Waals surface area contributed by atoms with Crippen LogP contribution in [0.4, 0.5) is 0 Å². The first-order valence-electron chi connectivity index (χ1n) is 8.08. The number of rotatable bonds is 2. The molecule has 1 fully saturated rings. The average Bonchev–Trinajstić information content (AvgIpc) is 3.18. The molecule has 1 saturated heterocycles. The number of nitrogens with zero attached hydrogens (tertiary/aromatic N) is 3. The Balaban J connectivity index is 1.81. The molecule has 1 aliphatic rings. The highest BCUT2D eigenvalue weighted by Gasteiger charge is 2.51. The van der Waals surface area contributed by atoms with Gasteiger partial charge >= 0.3 is 7.12 Å². The maximum absolute atomic E-state index is 6.15. The smallest absolute Gasteiger partial charge is 0.399 e. The normalized spacial score (nSPS) is 19.3. The molecule has 4 heterocycles. The fourth-order valence-corrected chi connectivity index (χ4v) is 3.01. The lowest BCUT2D eigenvalue weighted by Gasteiger charge is -2.32. The SMILES string of the molecule is Cn1cc(-c2cn[nH]c2)c2cc(B3OC(C)(C)C(C)(C)O3)cnc21. The summed E-state index contributed by atoms with van der Waals surface area (Å²) < 4.78 is 14.3. The summed E-state index contributed by atoms with van der Waals surface area (Å²) in [5.74, 6) is 0. The van der Waals surface area contributed by atoms with Gasteiger partial charge in [-0.2, -0.15) is 5.10 Å². The number of aryl methyl sites for hydroxylation is 1. The van der Waals surface area contributed by atoms with Crippen molar-refractivity contribution in [2.45, 2.75) is 38.9 Å². The number of pyridine rings is 1. The molecule has 0 atom stereocenters. The van der Waals surface area contributed by atoms with Crippen LogP contribution in [-0.4, -0.2) is 38.1 Å². The maximum atomic E-state index is 6.15. The molecule has 0 saturated carbocycles. The van der Waals surface area contributed by atoms with Crippen LogP contribution < -0.4 is 5.46 Å². The number of H-pyrrole nitrogens is 1. The fourth-order valence-electron chi connectivity index (χ4n) is 3.01. The van der Waals surface area contributed by atoms with Crippen molar-refractivity contribution in [2.75, 3.05) is 0 Å². The van der Waals surface area contributed by atoms with Gasteiger partial charge in [-0.25, -0.2) is 4.98 Å². The summed E-state index contributed by atoms with van der Waals surface area (Å²) in [5.41, 5.74) is 3.25. The summed E-state index contributed by atoms with van der Waals surface area (Å²) >= 11 is 0. The van der Waals surface area contributed by atoms with Gasteiger partial charge in [-0.05, 0) is 33.8 Å². The van der Waals surface area contributed by atoms with Gasteiger partial charge in [0.2, 0.25) is 0 Å². The highest BCUT2D eigenvalue weighted by atomic mass is 16.7. The van der Waals surface area contributed by atoms with Crippen molar-refractivity contribution < 1.29 is 9.31 Å². The lowest BCUT2D eigenvalue weighted by Crippen LogP contribution is -2.41. The Bertz CT molecular complexity index is 883. The van der Waals surface area contributed by atoms with E-state index in [0.717, 1.165) is 27.6 Å². The first-order chi connectivity index (χ1) is 11.3. The number of fused-ring (bicyclic) bond motifs is 1. The summed E-state index contributed by atoms with van der Waals surface area (Å²) in [6.07, 6.45) is 7.60. The monoisotopic (exact) mass is 324 g/mol. The van der Waals surface area contributed by atoms with Gasteiger partial charge in [0, 0.05) is 47.6 Å². The Morgan fingerprint density at radius 1 is 1.12 bits per heavy atom. The zero-order valence-corrected chi connectivity index (χ0v) is 14.6. The van der Waals surface area contributed by atoms with Crippen LogP contribution in [0.15, 0.2) is 30.9 Å². The van der Waals surface area contributed by atoms with Crippen molar-refractivity contribution in [3.8, 4) is 11.1 Å². The quantitative estimate of drug-likeness (QED) is 0.735. The highest BCUT2D eigenvalue weighted by molar-refractivity contribution is 6.62. The largest absolute Gasteiger partial charge is 0.496 e. The molecule has 1 aliphatic heterocycles. The molecule has 4 rings (SSSR count). The zero-order chi connectivity index (χ0) is 17.1. The van der Waals surface area contributed by atoms with E-state index in [-0.39, 0.29) is 11.2 Å². The summed E-state index contributed by atoms with van der Waals surface area (Å²) in [7, 11) is 1.58. The molecule has 3 aromatic heterocycles. The molecule has 124 valence electrons. The standard InChI is InChI=1S/C17H21BN4O2/c1-16(2)17(3,4)24-18(23-16)12-6-13-14(11-7-20-21-8-11)10-22(5)15(13)19-9-12/h6-10H,1-5H3,(H,20,21). The minimum atomic E-state index is -0.413. The molecular weight excluding hydrogens is 303 g/mol. The van der Waals surface area contributed by atoms with Crippen molar-refractivity contribution in [2.24, 2.45) is 7.05 Å². The molecule has 0 aromatic carbocycles. The second kappa shape index (κ2) is 4.94. The van der Waals surface area contributed by atoms with E-state index in [1.807, 2.05) is 30.2 Å². The summed E-state index contributed by atoms with van der Waals surface area (Å²) in [5, 5.41) is 7.97. The number of nitrogens with one attached hydrogen (secondary N) is 1. The second-order valence-electron chi connectivity index (χ2n) is 7.37. The van der Waals surface area contributed by atoms with E-state index in [1.165, 1.54) is 0 Å². The van der Waals surface area contributed by atoms with E-state index in [2.05, 4.69) is 55.1 Å². The van der Waals surface area contributed by atoms with Crippen LogP contribution in [0.5, 0.6) is 0 Å². The number of hydrogen-bond acceptors (Lipinski definition) is 4. The molecule has 3 aromatic rings. The van der Waals surface area contributed by atoms with Gasteiger partial charge in [-0.3, -0.25) is 5.10 Å². The lowest BCUT2D eigenvalue weighted by molar-refractivity contribution is 0.00578. The van der Waals surface area contributed by atoms with E-state index in [1.54, 1.807) is 0 Å². The van der Waals surface area contributed by atoms with Crippen LogP contribution in [0, 0.1) is 0 Å².